The number of para-hydroxylation sites is 1. The lowest BCUT2D eigenvalue weighted by atomic mass is 10.3. The van der Waals surface area contributed by atoms with Gasteiger partial charge in [0.2, 0.25) is 0 Å². The third kappa shape index (κ3) is 3.22. The zero-order chi connectivity index (χ0) is 13.8. The second-order valence-electron chi connectivity index (χ2n) is 3.78. The molecule has 0 fully saturated rings. The Labute approximate surface area is 107 Å². The van der Waals surface area contributed by atoms with Gasteiger partial charge in [-0.2, -0.15) is 0 Å². The Balaban J connectivity index is 3.27. The van der Waals surface area contributed by atoms with E-state index in [-0.39, 0.29) is 17.2 Å². The third-order valence-corrected chi connectivity index (χ3v) is 4.40. The molecule has 0 saturated heterocycles. The van der Waals surface area contributed by atoms with Gasteiger partial charge in [0, 0.05) is 6.54 Å². The van der Waals surface area contributed by atoms with E-state index in [0.717, 1.165) is 0 Å². The molecule has 1 N–H and O–H groups in total. The van der Waals surface area contributed by atoms with Gasteiger partial charge in [-0.1, -0.05) is 19.1 Å². The number of anilines is 1. The Kier molecular flexibility index (Phi) is 4.72. The van der Waals surface area contributed by atoms with Gasteiger partial charge in [0.25, 0.3) is 0 Å². The van der Waals surface area contributed by atoms with Crippen molar-refractivity contribution in [2.24, 2.45) is 0 Å². The van der Waals surface area contributed by atoms with Gasteiger partial charge < -0.3 is 10.0 Å². The van der Waals surface area contributed by atoms with Crippen LogP contribution in [0.25, 0.3) is 0 Å². The van der Waals surface area contributed by atoms with Crippen molar-refractivity contribution in [3.05, 3.63) is 24.3 Å². The fraction of sp³-hybridized carbons (Fsp3) is 0.417. The maximum atomic E-state index is 12.0. The van der Waals surface area contributed by atoms with Crippen molar-refractivity contribution in [1.82, 2.24) is 0 Å². The van der Waals surface area contributed by atoms with E-state index in [1.807, 2.05) is 0 Å². The highest BCUT2D eigenvalue weighted by Gasteiger charge is 2.20. The number of rotatable bonds is 6. The molecular formula is C12H17NO4S. The summed E-state index contributed by atoms with van der Waals surface area (Å²) in [5.74, 6) is -0.991. The maximum absolute atomic E-state index is 12.0. The Morgan fingerprint density at radius 1 is 1.28 bits per heavy atom. The Morgan fingerprint density at radius 3 is 2.39 bits per heavy atom. The molecular weight excluding hydrogens is 254 g/mol. The quantitative estimate of drug-likeness (QED) is 0.846. The Bertz CT molecular complexity index is 525. The highest BCUT2D eigenvalue weighted by molar-refractivity contribution is 7.91. The van der Waals surface area contributed by atoms with E-state index in [0.29, 0.717) is 12.2 Å². The van der Waals surface area contributed by atoms with Gasteiger partial charge in [-0.05, 0) is 19.1 Å². The molecule has 5 nitrogen and oxygen atoms in total. The van der Waals surface area contributed by atoms with Crippen LogP contribution < -0.4 is 4.90 Å². The number of carboxylic acid groups (broad SMARTS) is 1. The number of nitrogens with zero attached hydrogens (tertiary/aromatic N) is 1. The number of hydrogen-bond acceptors (Lipinski definition) is 4. The van der Waals surface area contributed by atoms with Crippen molar-refractivity contribution in [1.29, 1.82) is 0 Å². The van der Waals surface area contributed by atoms with E-state index in [2.05, 4.69) is 0 Å². The van der Waals surface area contributed by atoms with Crippen molar-refractivity contribution in [2.75, 3.05) is 23.7 Å². The molecule has 100 valence electrons. The average Bonchev–Trinajstić information content (AvgIpc) is 2.35. The summed E-state index contributed by atoms with van der Waals surface area (Å²) in [6.45, 7) is 3.58. The molecule has 0 atom stereocenters. The number of sulfone groups is 1. The van der Waals surface area contributed by atoms with E-state index in [9.17, 15) is 13.2 Å². The average molecular weight is 271 g/mol. The van der Waals surface area contributed by atoms with Gasteiger partial charge in [-0.25, -0.2) is 8.42 Å². The molecule has 6 heteroatoms. The van der Waals surface area contributed by atoms with Crippen LogP contribution in [0.15, 0.2) is 29.2 Å². The van der Waals surface area contributed by atoms with Crippen LogP contribution in [0.2, 0.25) is 0 Å². The molecule has 1 aromatic carbocycles. The first-order valence-corrected chi connectivity index (χ1v) is 7.36. The Hall–Kier alpha value is -1.56. The van der Waals surface area contributed by atoms with Crippen LogP contribution in [-0.2, 0) is 14.6 Å². The van der Waals surface area contributed by atoms with Crippen molar-refractivity contribution in [3.63, 3.8) is 0 Å². The number of carbonyl (C=O) groups is 1. The van der Waals surface area contributed by atoms with E-state index in [4.69, 9.17) is 5.11 Å². The van der Waals surface area contributed by atoms with Crippen LogP contribution in [0, 0.1) is 0 Å². The standard InChI is InChI=1S/C12H17NO4S/c1-3-13(9-12(14)15)10-7-5-6-8-11(10)18(16,17)4-2/h5-8H,3-4,9H2,1-2H3,(H,14,15). The summed E-state index contributed by atoms with van der Waals surface area (Å²) in [6.07, 6.45) is 0. The number of likely N-dealkylation sites (N-methyl/N-ethyl adjacent to an activating group) is 1. The molecule has 0 spiro atoms. The monoisotopic (exact) mass is 271 g/mol. The third-order valence-electron chi connectivity index (χ3n) is 2.63. The largest absolute Gasteiger partial charge is 0.480 e. The topological polar surface area (TPSA) is 74.7 Å². The molecule has 0 amide bonds. The molecule has 18 heavy (non-hydrogen) atoms. The van der Waals surface area contributed by atoms with Crippen LogP contribution in [0.5, 0.6) is 0 Å². The Morgan fingerprint density at radius 2 is 1.89 bits per heavy atom. The van der Waals surface area contributed by atoms with Crippen molar-refractivity contribution in [3.8, 4) is 0 Å². The first kappa shape index (κ1) is 14.5. The number of benzene rings is 1. The summed E-state index contributed by atoms with van der Waals surface area (Å²) in [5.41, 5.74) is 0.448. The summed E-state index contributed by atoms with van der Waals surface area (Å²) in [6, 6.07) is 6.49. The number of carboxylic acids is 1. The maximum Gasteiger partial charge on any atom is 0.323 e. The lowest BCUT2D eigenvalue weighted by Crippen LogP contribution is -2.30. The van der Waals surface area contributed by atoms with E-state index in [1.165, 1.54) is 11.0 Å². The molecule has 1 aromatic rings. The summed E-state index contributed by atoms with van der Waals surface area (Å²) < 4.78 is 23.9. The minimum Gasteiger partial charge on any atom is -0.480 e. The van der Waals surface area contributed by atoms with E-state index in [1.54, 1.807) is 32.0 Å². The number of aliphatic carboxylic acids is 1. The predicted octanol–water partition coefficient (Wildman–Crippen LogP) is 1.39. The van der Waals surface area contributed by atoms with Crippen LogP contribution in [0.3, 0.4) is 0 Å². The van der Waals surface area contributed by atoms with E-state index < -0.39 is 15.8 Å². The highest BCUT2D eigenvalue weighted by atomic mass is 32.2. The first-order chi connectivity index (χ1) is 8.42. The van der Waals surface area contributed by atoms with Gasteiger partial charge in [0.15, 0.2) is 9.84 Å². The smallest absolute Gasteiger partial charge is 0.323 e. The molecule has 0 heterocycles. The molecule has 0 unspecified atom stereocenters. The van der Waals surface area contributed by atoms with Gasteiger partial charge in [-0.15, -0.1) is 0 Å². The molecule has 0 aliphatic rings. The van der Waals surface area contributed by atoms with Gasteiger partial charge in [-0.3, -0.25) is 4.79 Å². The zero-order valence-corrected chi connectivity index (χ0v) is 11.3. The van der Waals surface area contributed by atoms with Crippen LogP contribution >= 0.6 is 0 Å². The lowest BCUT2D eigenvalue weighted by molar-refractivity contribution is -0.135. The zero-order valence-electron chi connectivity index (χ0n) is 10.5. The minimum absolute atomic E-state index is 0.00532. The van der Waals surface area contributed by atoms with Crippen LogP contribution in [0.4, 0.5) is 5.69 Å². The van der Waals surface area contributed by atoms with Crippen molar-refractivity contribution >= 4 is 21.5 Å². The summed E-state index contributed by atoms with van der Waals surface area (Å²) in [5, 5.41) is 8.84. The van der Waals surface area contributed by atoms with E-state index >= 15 is 0 Å². The summed E-state index contributed by atoms with van der Waals surface area (Å²) in [4.78, 5) is 12.5. The minimum atomic E-state index is -3.35. The van der Waals surface area contributed by atoms with Crippen LogP contribution in [-0.4, -0.2) is 38.3 Å². The molecule has 0 aliphatic carbocycles. The molecule has 0 aliphatic heterocycles. The molecule has 0 bridgehead atoms. The lowest BCUT2D eigenvalue weighted by Gasteiger charge is -2.23. The summed E-state index contributed by atoms with van der Waals surface area (Å²) >= 11 is 0. The van der Waals surface area contributed by atoms with Gasteiger partial charge >= 0.3 is 5.97 Å². The normalized spacial score (nSPS) is 11.2. The second-order valence-corrected chi connectivity index (χ2v) is 6.03. The SMILES string of the molecule is CCN(CC(=O)O)c1ccccc1S(=O)(=O)CC. The predicted molar refractivity (Wildman–Crippen MR) is 69.7 cm³/mol. The van der Waals surface area contributed by atoms with Crippen molar-refractivity contribution < 1.29 is 18.3 Å². The van der Waals surface area contributed by atoms with Gasteiger partial charge in [0.05, 0.1) is 16.3 Å². The molecule has 0 radical (unpaired) electrons. The second kappa shape index (κ2) is 5.86. The van der Waals surface area contributed by atoms with Crippen LogP contribution in [0.1, 0.15) is 13.8 Å². The fourth-order valence-corrected chi connectivity index (χ4v) is 2.78. The highest BCUT2D eigenvalue weighted by Crippen LogP contribution is 2.25. The van der Waals surface area contributed by atoms with Gasteiger partial charge in [0.1, 0.15) is 6.54 Å². The molecule has 1 rings (SSSR count). The summed E-state index contributed by atoms with van der Waals surface area (Å²) in [7, 11) is -3.35. The first-order valence-electron chi connectivity index (χ1n) is 5.71. The van der Waals surface area contributed by atoms with Crippen molar-refractivity contribution in [2.45, 2.75) is 18.7 Å². The fourth-order valence-electron chi connectivity index (χ4n) is 1.67. The molecule has 0 aromatic heterocycles. The number of hydrogen-bond donors (Lipinski definition) is 1. The molecule has 0 saturated carbocycles.